The number of hydrogen-bond donors (Lipinski definition) is 0. The summed E-state index contributed by atoms with van der Waals surface area (Å²) in [4.78, 5) is 19.3. The first kappa shape index (κ1) is 18.3. The van der Waals surface area contributed by atoms with Crippen LogP contribution in [-0.4, -0.2) is 41.8 Å². The molecule has 3 heterocycles. The van der Waals surface area contributed by atoms with Gasteiger partial charge in [0.1, 0.15) is 0 Å². The highest BCUT2D eigenvalue weighted by Crippen LogP contribution is 2.38. The Morgan fingerprint density at radius 3 is 2.89 bits per heavy atom. The molecule has 0 saturated carbocycles. The molecule has 4 rings (SSSR count). The van der Waals surface area contributed by atoms with Crippen LogP contribution in [0.1, 0.15) is 45.6 Å². The van der Waals surface area contributed by atoms with E-state index in [1.165, 1.54) is 0 Å². The van der Waals surface area contributed by atoms with E-state index in [0.717, 1.165) is 41.8 Å². The lowest BCUT2D eigenvalue weighted by atomic mass is 9.96. The van der Waals surface area contributed by atoms with Crippen LogP contribution in [0.2, 0.25) is 5.02 Å². The summed E-state index contributed by atoms with van der Waals surface area (Å²) in [6, 6.07) is 6.03. The normalized spacial score (nSPS) is 19.6. The molecular formula is C21H23ClN2O3. The third-order valence-corrected chi connectivity index (χ3v) is 5.81. The molecule has 1 fully saturated rings. The van der Waals surface area contributed by atoms with Crippen molar-refractivity contribution in [2.75, 3.05) is 19.9 Å². The van der Waals surface area contributed by atoms with E-state index >= 15 is 0 Å². The largest absolute Gasteiger partial charge is 0.471 e. The summed E-state index contributed by atoms with van der Waals surface area (Å²) in [7, 11) is 0. The minimum Gasteiger partial charge on any atom is -0.471 e. The number of hydrogen-bond acceptors (Lipinski definition) is 4. The maximum absolute atomic E-state index is 13.1. The van der Waals surface area contributed by atoms with E-state index in [0.29, 0.717) is 29.4 Å². The van der Waals surface area contributed by atoms with Crippen molar-refractivity contribution in [3.63, 3.8) is 0 Å². The van der Waals surface area contributed by atoms with Crippen LogP contribution in [0.4, 0.5) is 0 Å². The fraction of sp³-hybridized carbons (Fsp3) is 0.429. The summed E-state index contributed by atoms with van der Waals surface area (Å²) in [5.74, 6) is 0.467. The van der Waals surface area contributed by atoms with Gasteiger partial charge in [-0.05, 0) is 61.9 Å². The van der Waals surface area contributed by atoms with Gasteiger partial charge in [0.25, 0.3) is 5.91 Å². The fourth-order valence-corrected chi connectivity index (χ4v) is 3.95. The van der Waals surface area contributed by atoms with Crippen LogP contribution in [0.5, 0.6) is 5.75 Å². The molecule has 1 aromatic carbocycles. The predicted molar refractivity (Wildman–Crippen MR) is 103 cm³/mol. The van der Waals surface area contributed by atoms with Gasteiger partial charge in [0.2, 0.25) is 0 Å². The molecule has 0 radical (unpaired) electrons. The summed E-state index contributed by atoms with van der Waals surface area (Å²) in [6.45, 7) is 5.47. The molecule has 5 nitrogen and oxygen atoms in total. The zero-order chi connectivity index (χ0) is 19.0. The summed E-state index contributed by atoms with van der Waals surface area (Å²) in [5.41, 5.74) is 4.56. The van der Waals surface area contributed by atoms with Gasteiger partial charge in [-0.3, -0.25) is 14.7 Å². The number of rotatable bonds is 3. The minimum atomic E-state index is -0.0306. The van der Waals surface area contributed by atoms with Crippen LogP contribution in [0.3, 0.4) is 0 Å². The van der Waals surface area contributed by atoms with Crippen molar-refractivity contribution in [3.8, 4) is 5.75 Å². The van der Waals surface area contributed by atoms with E-state index in [1.807, 2.05) is 32.2 Å². The average Bonchev–Trinajstić information content (AvgIpc) is 2.69. The maximum atomic E-state index is 13.1. The Labute approximate surface area is 164 Å². The molecule has 2 aliphatic heterocycles. The highest BCUT2D eigenvalue weighted by molar-refractivity contribution is 6.33. The van der Waals surface area contributed by atoms with Crippen molar-refractivity contribution in [3.05, 3.63) is 57.4 Å². The topological polar surface area (TPSA) is 51.7 Å². The van der Waals surface area contributed by atoms with Crippen LogP contribution in [0, 0.1) is 13.8 Å². The summed E-state index contributed by atoms with van der Waals surface area (Å²) in [5, 5.41) is 0.524. The Balaban J connectivity index is 1.66. The number of fused-ring (bicyclic) bond motifs is 1. The lowest BCUT2D eigenvalue weighted by molar-refractivity contribution is -0.00991. The summed E-state index contributed by atoms with van der Waals surface area (Å²) >= 11 is 6.57. The van der Waals surface area contributed by atoms with E-state index in [4.69, 9.17) is 21.1 Å². The Bertz CT molecular complexity index is 861. The third-order valence-electron chi connectivity index (χ3n) is 5.36. The molecule has 0 bridgehead atoms. The van der Waals surface area contributed by atoms with Crippen LogP contribution >= 0.6 is 11.6 Å². The fourth-order valence-electron chi connectivity index (χ4n) is 3.67. The van der Waals surface area contributed by atoms with Crippen molar-refractivity contribution >= 4 is 17.5 Å². The SMILES string of the molecule is Cc1ccc(Cc2cc3c(c(Cl)c2C)OCN(C2CCCOC2)C3=O)cn1. The molecule has 0 N–H and O–H groups in total. The number of nitrogens with zero attached hydrogens (tertiary/aromatic N) is 2. The Hall–Kier alpha value is -2.11. The van der Waals surface area contributed by atoms with Gasteiger partial charge in [0, 0.05) is 18.5 Å². The minimum absolute atomic E-state index is 0.0306. The van der Waals surface area contributed by atoms with Gasteiger partial charge >= 0.3 is 0 Å². The molecule has 142 valence electrons. The second-order valence-corrected chi connectivity index (χ2v) is 7.63. The number of carbonyl (C=O) groups is 1. The molecule has 1 amide bonds. The molecule has 1 saturated heterocycles. The number of aryl methyl sites for hydroxylation is 1. The lowest BCUT2D eigenvalue weighted by Gasteiger charge is -2.37. The maximum Gasteiger partial charge on any atom is 0.260 e. The first-order chi connectivity index (χ1) is 13.0. The molecule has 2 aromatic rings. The van der Waals surface area contributed by atoms with E-state index in [2.05, 4.69) is 11.1 Å². The molecule has 0 aliphatic carbocycles. The molecule has 27 heavy (non-hydrogen) atoms. The first-order valence-electron chi connectivity index (χ1n) is 9.29. The van der Waals surface area contributed by atoms with E-state index in [-0.39, 0.29) is 18.7 Å². The van der Waals surface area contributed by atoms with Crippen molar-refractivity contribution in [1.29, 1.82) is 0 Å². The third kappa shape index (κ3) is 3.54. The monoisotopic (exact) mass is 386 g/mol. The van der Waals surface area contributed by atoms with Gasteiger partial charge in [0.15, 0.2) is 12.5 Å². The van der Waals surface area contributed by atoms with Crippen LogP contribution in [-0.2, 0) is 11.2 Å². The Morgan fingerprint density at radius 2 is 2.19 bits per heavy atom. The van der Waals surface area contributed by atoms with Gasteiger partial charge < -0.3 is 9.47 Å². The standard InChI is InChI=1S/C21H23ClN2O3/c1-13-5-6-15(10-23-13)8-16-9-18-20(19(22)14(16)2)27-12-24(21(18)25)17-4-3-7-26-11-17/h5-6,9-10,17H,3-4,7-8,11-12H2,1-2H3. The van der Waals surface area contributed by atoms with Crippen molar-refractivity contribution in [2.24, 2.45) is 0 Å². The first-order valence-corrected chi connectivity index (χ1v) is 9.67. The summed E-state index contributed by atoms with van der Waals surface area (Å²) < 4.78 is 11.4. The van der Waals surface area contributed by atoms with Gasteiger partial charge in [0.05, 0.1) is 23.2 Å². The zero-order valence-corrected chi connectivity index (χ0v) is 16.4. The number of aromatic nitrogens is 1. The van der Waals surface area contributed by atoms with Gasteiger partial charge in [-0.1, -0.05) is 17.7 Å². The number of pyridine rings is 1. The average molecular weight is 387 g/mol. The lowest BCUT2D eigenvalue weighted by Crippen LogP contribution is -2.49. The second-order valence-electron chi connectivity index (χ2n) is 7.26. The van der Waals surface area contributed by atoms with Gasteiger partial charge in [-0.2, -0.15) is 0 Å². The van der Waals surface area contributed by atoms with E-state index < -0.39 is 0 Å². The molecule has 0 spiro atoms. The van der Waals surface area contributed by atoms with Crippen molar-refractivity contribution < 1.29 is 14.3 Å². The molecular weight excluding hydrogens is 364 g/mol. The summed E-state index contributed by atoms with van der Waals surface area (Å²) in [6.07, 6.45) is 4.44. The van der Waals surface area contributed by atoms with Crippen molar-refractivity contribution in [2.45, 2.75) is 39.2 Å². The van der Waals surface area contributed by atoms with Gasteiger partial charge in [-0.15, -0.1) is 0 Å². The highest BCUT2D eigenvalue weighted by atomic mass is 35.5. The smallest absolute Gasteiger partial charge is 0.260 e. The Morgan fingerprint density at radius 1 is 1.33 bits per heavy atom. The van der Waals surface area contributed by atoms with E-state index in [1.54, 1.807) is 4.90 Å². The molecule has 1 aromatic heterocycles. The van der Waals surface area contributed by atoms with E-state index in [9.17, 15) is 4.79 Å². The number of halogens is 1. The number of ether oxygens (including phenoxy) is 2. The molecule has 1 atom stereocenters. The zero-order valence-electron chi connectivity index (χ0n) is 15.6. The molecule has 1 unspecified atom stereocenters. The predicted octanol–water partition coefficient (Wildman–Crippen LogP) is 3.91. The quantitative estimate of drug-likeness (QED) is 0.802. The van der Waals surface area contributed by atoms with Crippen LogP contribution < -0.4 is 4.74 Å². The van der Waals surface area contributed by atoms with Gasteiger partial charge in [-0.25, -0.2) is 0 Å². The number of benzene rings is 1. The van der Waals surface area contributed by atoms with Crippen molar-refractivity contribution in [1.82, 2.24) is 9.88 Å². The molecule has 2 aliphatic rings. The van der Waals surface area contributed by atoms with Crippen LogP contribution in [0.25, 0.3) is 0 Å². The number of carbonyl (C=O) groups excluding carboxylic acids is 1. The molecule has 6 heteroatoms. The Kier molecular flexibility index (Phi) is 5.06. The second kappa shape index (κ2) is 7.49. The van der Waals surface area contributed by atoms with Crippen LogP contribution in [0.15, 0.2) is 24.4 Å². The highest BCUT2D eigenvalue weighted by Gasteiger charge is 2.34. The number of amides is 1.